The third-order valence-electron chi connectivity index (χ3n) is 4.85. The van der Waals surface area contributed by atoms with Crippen LogP contribution >= 0.6 is 0 Å². The minimum Gasteiger partial charge on any atom is -0.344 e. The first-order valence-corrected chi connectivity index (χ1v) is 10.5. The van der Waals surface area contributed by atoms with Crippen LogP contribution in [0.1, 0.15) is 37.8 Å². The number of aromatic nitrogens is 3. The number of nitrogens with zero attached hydrogens (tertiary/aromatic N) is 4. The summed E-state index contributed by atoms with van der Waals surface area (Å²) in [5.74, 6) is 0.573. The molecule has 1 unspecified atom stereocenters. The highest BCUT2D eigenvalue weighted by Crippen LogP contribution is 2.23. The second-order valence-corrected chi connectivity index (χ2v) is 7.81. The van der Waals surface area contributed by atoms with E-state index >= 15 is 0 Å². The maximum atomic E-state index is 12.5. The quantitative estimate of drug-likeness (QED) is 0.533. The fourth-order valence-corrected chi connectivity index (χ4v) is 3.08. The first-order valence-electron chi connectivity index (χ1n) is 10.5. The number of urea groups is 1. The fraction of sp³-hybridized carbons (Fsp3) is 0.348. The van der Waals surface area contributed by atoms with Gasteiger partial charge in [0.1, 0.15) is 6.04 Å². The third-order valence-corrected chi connectivity index (χ3v) is 4.85. The Morgan fingerprint density at radius 1 is 1.12 bits per heavy atom. The van der Waals surface area contributed by atoms with Crippen LogP contribution in [0.3, 0.4) is 0 Å². The van der Waals surface area contributed by atoms with Crippen molar-refractivity contribution < 1.29 is 14.1 Å². The van der Waals surface area contributed by atoms with Crippen LogP contribution in [-0.4, -0.2) is 45.6 Å². The molecule has 0 radical (unpaired) electrons. The Morgan fingerprint density at radius 2 is 1.91 bits per heavy atom. The topological polar surface area (TPSA) is 113 Å². The molecule has 2 heterocycles. The molecule has 9 heteroatoms. The number of nitrogens with one attached hydrogen (secondary N) is 2. The van der Waals surface area contributed by atoms with Gasteiger partial charge in [-0.1, -0.05) is 49.3 Å². The van der Waals surface area contributed by atoms with E-state index in [-0.39, 0.29) is 30.8 Å². The molecule has 1 atom stereocenters. The molecule has 9 nitrogen and oxygen atoms in total. The first-order chi connectivity index (χ1) is 15.4. The van der Waals surface area contributed by atoms with E-state index in [4.69, 9.17) is 4.52 Å². The lowest BCUT2D eigenvalue weighted by atomic mass is 10.0. The largest absolute Gasteiger partial charge is 0.344 e. The summed E-state index contributed by atoms with van der Waals surface area (Å²) < 4.78 is 5.39. The lowest BCUT2D eigenvalue weighted by Gasteiger charge is -2.20. The van der Waals surface area contributed by atoms with E-state index in [2.05, 4.69) is 25.8 Å². The highest BCUT2D eigenvalue weighted by Gasteiger charge is 2.25. The van der Waals surface area contributed by atoms with Gasteiger partial charge in [0, 0.05) is 44.5 Å². The molecular weight excluding hydrogens is 408 g/mol. The summed E-state index contributed by atoms with van der Waals surface area (Å²) in [5, 5.41) is 9.69. The molecule has 32 heavy (non-hydrogen) atoms. The highest BCUT2D eigenvalue weighted by molar-refractivity contribution is 5.78. The Morgan fingerprint density at radius 3 is 2.59 bits per heavy atom. The Hall–Kier alpha value is -3.75. The molecule has 3 aromatic rings. The maximum absolute atomic E-state index is 12.5. The van der Waals surface area contributed by atoms with Gasteiger partial charge in [-0.05, 0) is 23.6 Å². The smallest absolute Gasteiger partial charge is 0.317 e. The predicted octanol–water partition coefficient (Wildman–Crippen LogP) is 3.18. The summed E-state index contributed by atoms with van der Waals surface area (Å²) in [6, 6.07) is 12.7. The van der Waals surface area contributed by atoms with E-state index in [0.717, 1.165) is 11.1 Å². The second kappa shape index (κ2) is 11.0. The lowest BCUT2D eigenvalue weighted by Crippen LogP contribution is -2.39. The molecule has 1 aromatic carbocycles. The number of carbonyl (C=O) groups is 2. The monoisotopic (exact) mass is 436 g/mol. The van der Waals surface area contributed by atoms with Crippen molar-refractivity contribution in [1.29, 1.82) is 0 Å². The van der Waals surface area contributed by atoms with Crippen molar-refractivity contribution in [1.82, 2.24) is 30.7 Å². The van der Waals surface area contributed by atoms with Gasteiger partial charge in [-0.3, -0.25) is 9.78 Å². The standard InChI is InChI=1S/C23H28N6O3/c1-16(2)20(22-27-21(28-32-22)18-10-7-12-24-14-18)26-19(30)11-13-25-23(31)29(3)15-17-8-5-4-6-9-17/h4-10,12,14,16,20H,11,13,15H2,1-3H3,(H,25,31)(H,26,30). The molecule has 0 saturated carbocycles. The van der Waals surface area contributed by atoms with Gasteiger partial charge >= 0.3 is 6.03 Å². The van der Waals surface area contributed by atoms with E-state index < -0.39 is 6.04 Å². The second-order valence-electron chi connectivity index (χ2n) is 7.81. The minimum absolute atomic E-state index is 0.0349. The number of hydrogen-bond acceptors (Lipinski definition) is 6. The van der Waals surface area contributed by atoms with E-state index in [1.54, 1.807) is 30.4 Å². The van der Waals surface area contributed by atoms with Crippen molar-refractivity contribution >= 4 is 11.9 Å². The van der Waals surface area contributed by atoms with Crippen LogP contribution in [-0.2, 0) is 11.3 Å². The van der Waals surface area contributed by atoms with Gasteiger partial charge in [-0.25, -0.2) is 4.79 Å². The van der Waals surface area contributed by atoms with Crippen LogP contribution in [0.5, 0.6) is 0 Å². The Labute approximate surface area is 187 Å². The van der Waals surface area contributed by atoms with Crippen molar-refractivity contribution in [2.24, 2.45) is 5.92 Å². The van der Waals surface area contributed by atoms with Gasteiger partial charge in [-0.15, -0.1) is 0 Å². The van der Waals surface area contributed by atoms with E-state index in [0.29, 0.717) is 18.3 Å². The molecule has 168 valence electrons. The molecule has 0 fully saturated rings. The molecule has 0 saturated heterocycles. The highest BCUT2D eigenvalue weighted by atomic mass is 16.5. The van der Waals surface area contributed by atoms with Crippen LogP contribution in [0.4, 0.5) is 4.79 Å². The van der Waals surface area contributed by atoms with Gasteiger partial charge in [-0.2, -0.15) is 4.98 Å². The van der Waals surface area contributed by atoms with Crippen molar-refractivity contribution in [2.75, 3.05) is 13.6 Å². The van der Waals surface area contributed by atoms with Crippen molar-refractivity contribution in [3.63, 3.8) is 0 Å². The van der Waals surface area contributed by atoms with Crippen LogP contribution in [0.2, 0.25) is 0 Å². The molecule has 2 aromatic heterocycles. The zero-order chi connectivity index (χ0) is 22.9. The number of benzene rings is 1. The Balaban J connectivity index is 1.49. The number of rotatable bonds is 9. The van der Waals surface area contributed by atoms with Crippen LogP contribution < -0.4 is 10.6 Å². The van der Waals surface area contributed by atoms with Crippen molar-refractivity contribution in [3.05, 3.63) is 66.3 Å². The molecule has 0 bridgehead atoms. The zero-order valence-corrected chi connectivity index (χ0v) is 18.5. The number of pyridine rings is 1. The van der Waals surface area contributed by atoms with Crippen LogP contribution in [0.15, 0.2) is 59.4 Å². The Bertz CT molecular complexity index is 1010. The van der Waals surface area contributed by atoms with Crippen LogP contribution in [0.25, 0.3) is 11.4 Å². The summed E-state index contributed by atoms with van der Waals surface area (Å²) in [6.07, 6.45) is 3.45. The molecule has 3 rings (SSSR count). The first kappa shape index (κ1) is 22.9. The summed E-state index contributed by atoms with van der Waals surface area (Å²) in [7, 11) is 1.71. The minimum atomic E-state index is -0.433. The van der Waals surface area contributed by atoms with Gasteiger partial charge < -0.3 is 20.1 Å². The number of amides is 3. The van der Waals surface area contributed by atoms with Gasteiger partial charge in [0.05, 0.1) is 0 Å². The molecule has 2 N–H and O–H groups in total. The molecule has 0 aliphatic heterocycles. The molecule has 0 aliphatic carbocycles. The Kier molecular flexibility index (Phi) is 7.91. The molecule has 3 amide bonds. The van der Waals surface area contributed by atoms with Crippen molar-refractivity contribution in [2.45, 2.75) is 32.9 Å². The molecular formula is C23H28N6O3. The predicted molar refractivity (Wildman–Crippen MR) is 119 cm³/mol. The average molecular weight is 437 g/mol. The van der Waals surface area contributed by atoms with E-state index in [1.165, 1.54) is 0 Å². The third kappa shape index (κ3) is 6.37. The van der Waals surface area contributed by atoms with Gasteiger partial charge in [0.2, 0.25) is 17.6 Å². The number of carbonyl (C=O) groups excluding carboxylic acids is 2. The summed E-state index contributed by atoms with van der Waals surface area (Å²) >= 11 is 0. The average Bonchev–Trinajstić information content (AvgIpc) is 3.28. The summed E-state index contributed by atoms with van der Waals surface area (Å²) in [4.78, 5) is 34.8. The van der Waals surface area contributed by atoms with Crippen molar-refractivity contribution in [3.8, 4) is 11.4 Å². The van der Waals surface area contributed by atoms with Crippen LogP contribution in [0, 0.1) is 5.92 Å². The zero-order valence-electron chi connectivity index (χ0n) is 18.5. The van der Waals surface area contributed by atoms with E-state index in [1.807, 2.05) is 50.2 Å². The SMILES string of the molecule is CC(C)C(NC(=O)CCNC(=O)N(C)Cc1ccccc1)c1nc(-c2cccnc2)no1. The van der Waals surface area contributed by atoms with Gasteiger partial charge in [0.15, 0.2) is 0 Å². The van der Waals surface area contributed by atoms with Gasteiger partial charge in [0.25, 0.3) is 0 Å². The molecule has 0 spiro atoms. The normalized spacial score (nSPS) is 11.8. The molecule has 0 aliphatic rings. The lowest BCUT2D eigenvalue weighted by molar-refractivity contribution is -0.122. The summed E-state index contributed by atoms with van der Waals surface area (Å²) in [5.41, 5.74) is 1.77. The number of hydrogen-bond donors (Lipinski definition) is 2. The summed E-state index contributed by atoms with van der Waals surface area (Å²) in [6.45, 7) is 4.63. The van der Waals surface area contributed by atoms with E-state index in [9.17, 15) is 9.59 Å². The maximum Gasteiger partial charge on any atom is 0.317 e. The fourth-order valence-electron chi connectivity index (χ4n) is 3.08.